The molecule has 178 valence electrons. The van der Waals surface area contributed by atoms with E-state index in [0.29, 0.717) is 6.42 Å². The van der Waals surface area contributed by atoms with Crippen LogP contribution in [-0.4, -0.2) is 49.6 Å². The number of nitrogens with two attached hydrogens (primary N) is 1. The van der Waals surface area contributed by atoms with Crippen molar-refractivity contribution in [2.45, 2.75) is 70.0 Å². The predicted octanol–water partition coefficient (Wildman–Crippen LogP) is 1.71. The number of ketones is 2. The summed E-state index contributed by atoms with van der Waals surface area (Å²) >= 11 is 0. The van der Waals surface area contributed by atoms with Crippen LogP contribution in [-0.2, 0) is 27.2 Å². The van der Waals surface area contributed by atoms with Gasteiger partial charge in [0.1, 0.15) is 17.4 Å². The van der Waals surface area contributed by atoms with Gasteiger partial charge in [-0.15, -0.1) is 0 Å². The molecule has 6 N–H and O–H groups in total. The maximum Gasteiger partial charge on any atom is 0.230 e. The highest BCUT2D eigenvalue weighted by molar-refractivity contribution is 6.24. The molecule has 0 heterocycles. The summed E-state index contributed by atoms with van der Waals surface area (Å²) < 4.78 is 0. The minimum absolute atomic E-state index is 0.104. The van der Waals surface area contributed by atoms with Crippen molar-refractivity contribution in [2.75, 3.05) is 0 Å². The van der Waals surface area contributed by atoms with Crippen LogP contribution in [0.2, 0.25) is 0 Å². The van der Waals surface area contributed by atoms with Crippen LogP contribution in [0.25, 0.3) is 5.76 Å². The first-order valence-corrected chi connectivity index (χ1v) is 11.7. The standard InChI is InChI=1S/C25H31NO7/c1-2-3-4-5-6-12-7-8-16(27)19-15(12)10-13-9-14-11-17(28)20(24(26)32)23(31)25(14,33)22(30)18(13)21(19)29/h7-8,13-14,17,20,27-29,33H,2-6,9-11H2,1H3,(H2,26,32)/t13-,14+,17?,20?,25+/m1/s1. The monoisotopic (exact) mass is 457 g/mol. The van der Waals surface area contributed by atoms with E-state index < -0.39 is 52.7 Å². The highest BCUT2D eigenvalue weighted by Crippen LogP contribution is 2.51. The Morgan fingerprint density at radius 2 is 1.88 bits per heavy atom. The molecular weight excluding hydrogens is 426 g/mol. The van der Waals surface area contributed by atoms with Gasteiger partial charge in [0.2, 0.25) is 11.7 Å². The number of fused-ring (bicyclic) bond motifs is 3. The lowest BCUT2D eigenvalue weighted by atomic mass is 9.56. The minimum atomic E-state index is -2.54. The van der Waals surface area contributed by atoms with Crippen molar-refractivity contribution in [1.82, 2.24) is 0 Å². The number of aryl methyl sites for hydroxylation is 1. The zero-order valence-corrected chi connectivity index (χ0v) is 18.7. The number of carbonyl (C=O) groups excluding carboxylic acids is 3. The third kappa shape index (κ3) is 3.56. The fraction of sp³-hybridized carbons (Fsp3) is 0.560. The van der Waals surface area contributed by atoms with Gasteiger partial charge in [0.05, 0.1) is 11.7 Å². The molecule has 8 nitrogen and oxygen atoms in total. The number of Topliss-reactive ketones (excluding diaryl/α,β-unsaturated/α-hetero) is 2. The largest absolute Gasteiger partial charge is 0.507 e. The van der Waals surface area contributed by atoms with Crippen LogP contribution in [0.4, 0.5) is 0 Å². The number of primary amides is 1. The molecule has 1 aromatic carbocycles. The van der Waals surface area contributed by atoms with Gasteiger partial charge in [-0.1, -0.05) is 32.3 Å². The summed E-state index contributed by atoms with van der Waals surface area (Å²) in [6, 6.07) is 3.33. The number of amides is 1. The van der Waals surface area contributed by atoms with Gasteiger partial charge in [0.25, 0.3) is 0 Å². The number of phenols is 1. The van der Waals surface area contributed by atoms with Crippen LogP contribution in [0, 0.1) is 17.8 Å². The smallest absolute Gasteiger partial charge is 0.230 e. The summed E-state index contributed by atoms with van der Waals surface area (Å²) in [5, 5.41) is 43.2. The average Bonchev–Trinajstić information content (AvgIpc) is 2.75. The number of hydrogen-bond acceptors (Lipinski definition) is 7. The Hall–Kier alpha value is -2.71. The van der Waals surface area contributed by atoms with Crippen molar-refractivity contribution in [3.63, 3.8) is 0 Å². The molecule has 33 heavy (non-hydrogen) atoms. The zero-order valence-electron chi connectivity index (χ0n) is 18.7. The lowest BCUT2D eigenvalue weighted by Crippen LogP contribution is -2.66. The van der Waals surface area contributed by atoms with E-state index in [2.05, 4.69) is 6.92 Å². The second-order valence-electron chi connectivity index (χ2n) is 9.65. The van der Waals surface area contributed by atoms with Gasteiger partial charge in [0.15, 0.2) is 11.4 Å². The molecule has 3 aliphatic rings. The van der Waals surface area contributed by atoms with Crippen molar-refractivity contribution < 1.29 is 34.8 Å². The molecule has 0 aliphatic heterocycles. The number of benzene rings is 1. The Morgan fingerprint density at radius 1 is 1.15 bits per heavy atom. The number of unbranched alkanes of at least 4 members (excludes halogenated alkanes) is 3. The average molecular weight is 458 g/mol. The molecule has 0 radical (unpaired) electrons. The Labute approximate surface area is 192 Å². The van der Waals surface area contributed by atoms with Crippen LogP contribution in [0.1, 0.15) is 62.1 Å². The summed E-state index contributed by atoms with van der Waals surface area (Å²) in [6.45, 7) is 2.13. The summed E-state index contributed by atoms with van der Waals surface area (Å²) in [5.41, 5.74) is 4.54. The van der Waals surface area contributed by atoms with E-state index in [0.717, 1.165) is 43.2 Å². The Kier molecular flexibility index (Phi) is 6.09. The number of rotatable bonds is 6. The Morgan fingerprint density at radius 3 is 2.55 bits per heavy atom. The highest BCUT2D eigenvalue weighted by atomic mass is 16.3. The molecule has 0 aromatic heterocycles. The molecule has 3 aliphatic carbocycles. The quantitative estimate of drug-likeness (QED) is 0.321. The molecule has 2 fully saturated rings. The SMILES string of the molecule is CCCCCCc1ccc(O)c2c1C[C@H]1C[C@H]3CC(O)C(C(N)=O)C(=O)[C@@]3(O)C(=O)C1=C2O. The van der Waals surface area contributed by atoms with Crippen molar-refractivity contribution >= 4 is 23.2 Å². The van der Waals surface area contributed by atoms with E-state index in [9.17, 15) is 34.8 Å². The van der Waals surface area contributed by atoms with E-state index >= 15 is 0 Å². The lowest BCUT2D eigenvalue weighted by molar-refractivity contribution is -0.174. The molecule has 8 heteroatoms. The molecule has 0 saturated heterocycles. The first kappa shape index (κ1) is 23.4. The van der Waals surface area contributed by atoms with Crippen molar-refractivity contribution in [3.8, 4) is 5.75 Å². The molecular formula is C25H31NO7. The van der Waals surface area contributed by atoms with Gasteiger partial charge in [-0.25, -0.2) is 0 Å². The molecule has 0 spiro atoms. The molecule has 0 bridgehead atoms. The number of aliphatic hydroxyl groups excluding tert-OH is 2. The Balaban J connectivity index is 1.76. The van der Waals surface area contributed by atoms with Crippen molar-refractivity contribution in [3.05, 3.63) is 34.4 Å². The number of hydrogen-bond donors (Lipinski definition) is 5. The minimum Gasteiger partial charge on any atom is -0.507 e. The van der Waals surface area contributed by atoms with Gasteiger partial charge in [-0.3, -0.25) is 14.4 Å². The van der Waals surface area contributed by atoms with Crippen LogP contribution in [0.5, 0.6) is 5.75 Å². The van der Waals surface area contributed by atoms with E-state index in [4.69, 9.17) is 5.73 Å². The fourth-order valence-electron chi connectivity index (χ4n) is 5.97. The molecule has 5 atom stereocenters. The maximum absolute atomic E-state index is 13.5. The molecule has 4 rings (SSSR count). The van der Waals surface area contributed by atoms with E-state index in [1.54, 1.807) is 0 Å². The third-order valence-electron chi connectivity index (χ3n) is 7.66. The summed E-state index contributed by atoms with van der Waals surface area (Å²) in [5.74, 6) is -6.85. The summed E-state index contributed by atoms with van der Waals surface area (Å²) in [4.78, 5) is 38.2. The van der Waals surface area contributed by atoms with E-state index in [-0.39, 0.29) is 29.7 Å². The van der Waals surface area contributed by atoms with Gasteiger partial charge >= 0.3 is 0 Å². The fourth-order valence-corrected chi connectivity index (χ4v) is 5.97. The zero-order chi connectivity index (χ0) is 24.1. The molecule has 1 aromatic rings. The highest BCUT2D eigenvalue weighted by Gasteiger charge is 2.63. The number of phenolic OH excluding ortho intramolecular Hbond substituents is 1. The third-order valence-corrected chi connectivity index (χ3v) is 7.66. The first-order valence-electron chi connectivity index (χ1n) is 11.7. The van der Waals surface area contributed by atoms with Gasteiger partial charge < -0.3 is 26.2 Å². The second-order valence-corrected chi connectivity index (χ2v) is 9.65. The van der Waals surface area contributed by atoms with Crippen LogP contribution in [0.15, 0.2) is 17.7 Å². The van der Waals surface area contributed by atoms with E-state index in [1.165, 1.54) is 6.07 Å². The van der Waals surface area contributed by atoms with Crippen LogP contribution < -0.4 is 5.73 Å². The number of aliphatic hydroxyl groups is 3. The summed E-state index contributed by atoms with van der Waals surface area (Å²) in [6.07, 6.45) is 4.09. The predicted molar refractivity (Wildman–Crippen MR) is 119 cm³/mol. The second kappa shape index (κ2) is 8.57. The topological polar surface area (TPSA) is 158 Å². The molecule has 1 amide bonds. The Bertz CT molecular complexity index is 1050. The normalized spacial score (nSPS) is 31.1. The van der Waals surface area contributed by atoms with Crippen LogP contribution in [0.3, 0.4) is 0 Å². The van der Waals surface area contributed by atoms with Gasteiger partial charge in [0, 0.05) is 11.5 Å². The van der Waals surface area contributed by atoms with E-state index in [1.807, 2.05) is 6.07 Å². The van der Waals surface area contributed by atoms with Crippen molar-refractivity contribution in [1.29, 1.82) is 0 Å². The number of carbonyl (C=O) groups is 3. The van der Waals surface area contributed by atoms with Gasteiger partial charge in [-0.05, 0) is 55.2 Å². The molecule has 2 unspecified atom stereocenters. The first-order chi connectivity index (χ1) is 15.6. The number of aromatic hydroxyl groups is 1. The molecule has 2 saturated carbocycles. The maximum atomic E-state index is 13.5. The van der Waals surface area contributed by atoms with Crippen LogP contribution >= 0.6 is 0 Å². The lowest BCUT2D eigenvalue weighted by Gasteiger charge is -2.48. The summed E-state index contributed by atoms with van der Waals surface area (Å²) in [7, 11) is 0. The van der Waals surface area contributed by atoms with Gasteiger partial charge in [-0.2, -0.15) is 0 Å². The van der Waals surface area contributed by atoms with Crippen molar-refractivity contribution in [2.24, 2.45) is 23.5 Å².